The third-order valence-corrected chi connectivity index (χ3v) is 1.71. The lowest BCUT2D eigenvalue weighted by molar-refractivity contribution is -0.122. The van der Waals surface area contributed by atoms with E-state index in [0.717, 1.165) is 0 Å². The van der Waals surface area contributed by atoms with Crippen LogP contribution in [-0.4, -0.2) is 24.0 Å². The second-order valence-corrected chi connectivity index (χ2v) is 3.19. The maximum atomic E-state index is 10.8. The number of nitrogens with two attached hydrogens (primary N) is 4. The third-order valence-electron chi connectivity index (χ3n) is 1.71. The van der Waals surface area contributed by atoms with E-state index in [9.17, 15) is 4.79 Å². The number of carbonyl (C=O) groups excluding carboxylic acids is 1. The lowest BCUT2D eigenvalue weighted by Gasteiger charge is -2.19. The summed E-state index contributed by atoms with van der Waals surface area (Å²) in [5.74, 6) is -0.477. The van der Waals surface area contributed by atoms with Crippen LogP contribution in [0.4, 0.5) is 0 Å². The van der Waals surface area contributed by atoms with Gasteiger partial charge in [0, 0.05) is 6.54 Å². The summed E-state index contributed by atoms with van der Waals surface area (Å²) in [6.45, 7) is 2.05. The van der Waals surface area contributed by atoms with Gasteiger partial charge in [-0.3, -0.25) is 9.79 Å². The number of nitrogens with zero attached hydrogens (tertiary/aromatic N) is 1. The van der Waals surface area contributed by atoms with Crippen molar-refractivity contribution >= 4 is 11.9 Å². The van der Waals surface area contributed by atoms with Crippen LogP contribution < -0.4 is 22.9 Å². The van der Waals surface area contributed by atoms with Crippen LogP contribution in [0.3, 0.4) is 0 Å². The zero-order valence-corrected chi connectivity index (χ0v) is 7.79. The molecule has 0 aliphatic rings. The van der Waals surface area contributed by atoms with Gasteiger partial charge in [0.25, 0.3) is 0 Å². The maximum absolute atomic E-state index is 10.8. The van der Waals surface area contributed by atoms with Crippen LogP contribution in [-0.2, 0) is 4.79 Å². The fraction of sp³-hybridized carbons (Fsp3) is 0.714. The van der Waals surface area contributed by atoms with Crippen molar-refractivity contribution < 1.29 is 4.79 Å². The number of hydrogen-bond acceptors (Lipinski definition) is 3. The zero-order chi connectivity index (χ0) is 10.5. The summed E-state index contributed by atoms with van der Waals surface area (Å²) in [7, 11) is 0. The van der Waals surface area contributed by atoms with Gasteiger partial charge in [-0.05, 0) is 19.8 Å². The molecule has 0 rings (SSSR count). The molecule has 0 aromatic heterocycles. The fourth-order valence-corrected chi connectivity index (χ4v) is 0.778. The highest BCUT2D eigenvalue weighted by atomic mass is 16.1. The molecule has 0 saturated carbocycles. The van der Waals surface area contributed by atoms with E-state index in [2.05, 4.69) is 4.99 Å². The number of hydrogen-bond donors (Lipinski definition) is 4. The molecule has 1 amide bonds. The van der Waals surface area contributed by atoms with E-state index in [0.29, 0.717) is 19.4 Å². The molecule has 6 nitrogen and oxygen atoms in total. The topological polar surface area (TPSA) is 134 Å². The van der Waals surface area contributed by atoms with Crippen molar-refractivity contribution in [1.29, 1.82) is 0 Å². The molecular weight excluding hydrogens is 170 g/mol. The Morgan fingerprint density at radius 2 is 1.92 bits per heavy atom. The summed E-state index contributed by atoms with van der Waals surface area (Å²) in [4.78, 5) is 14.5. The highest BCUT2D eigenvalue weighted by Crippen LogP contribution is 2.07. The van der Waals surface area contributed by atoms with Crippen LogP contribution >= 0.6 is 0 Å². The number of primary amides is 1. The minimum Gasteiger partial charge on any atom is -0.370 e. The first kappa shape index (κ1) is 11.7. The molecule has 6 heteroatoms. The van der Waals surface area contributed by atoms with Crippen LogP contribution in [0.2, 0.25) is 0 Å². The monoisotopic (exact) mass is 187 g/mol. The summed E-state index contributed by atoms with van der Waals surface area (Å²) in [5.41, 5.74) is 19.9. The summed E-state index contributed by atoms with van der Waals surface area (Å²) >= 11 is 0. The van der Waals surface area contributed by atoms with Gasteiger partial charge in [0.1, 0.15) is 0 Å². The second-order valence-electron chi connectivity index (χ2n) is 3.19. The van der Waals surface area contributed by atoms with Gasteiger partial charge < -0.3 is 22.9 Å². The molecule has 1 atom stereocenters. The van der Waals surface area contributed by atoms with Gasteiger partial charge >= 0.3 is 0 Å². The summed E-state index contributed by atoms with van der Waals surface area (Å²) in [6, 6.07) is 0. The minimum atomic E-state index is -0.973. The molecule has 0 spiro atoms. The molecule has 0 fully saturated rings. The molecule has 0 aliphatic heterocycles. The first-order valence-electron chi connectivity index (χ1n) is 4.00. The van der Waals surface area contributed by atoms with E-state index in [1.54, 1.807) is 6.92 Å². The average molecular weight is 187 g/mol. The first-order chi connectivity index (χ1) is 5.86. The first-order valence-corrected chi connectivity index (χ1v) is 4.00. The predicted molar refractivity (Wildman–Crippen MR) is 51.7 cm³/mol. The third kappa shape index (κ3) is 5.02. The Balaban J connectivity index is 3.77. The normalized spacial score (nSPS) is 14.6. The Kier molecular flexibility index (Phi) is 4.19. The smallest absolute Gasteiger partial charge is 0.237 e. The van der Waals surface area contributed by atoms with Crippen LogP contribution in [0.15, 0.2) is 4.99 Å². The van der Waals surface area contributed by atoms with Gasteiger partial charge in [0.2, 0.25) is 5.91 Å². The predicted octanol–water partition coefficient (Wildman–Crippen LogP) is -1.76. The number of amides is 1. The number of rotatable bonds is 5. The molecule has 13 heavy (non-hydrogen) atoms. The highest BCUT2D eigenvalue weighted by Gasteiger charge is 2.24. The lowest BCUT2D eigenvalue weighted by Crippen LogP contribution is -2.49. The van der Waals surface area contributed by atoms with Gasteiger partial charge in [-0.25, -0.2) is 0 Å². The Morgan fingerprint density at radius 1 is 1.38 bits per heavy atom. The second kappa shape index (κ2) is 4.66. The van der Waals surface area contributed by atoms with Gasteiger partial charge in [-0.1, -0.05) is 0 Å². The molecule has 0 aliphatic carbocycles. The number of aliphatic imine (C=N–C) groups is 1. The fourth-order valence-electron chi connectivity index (χ4n) is 0.778. The number of carbonyl (C=O) groups is 1. The number of guanidine groups is 1. The van der Waals surface area contributed by atoms with Crippen LogP contribution in [0.5, 0.6) is 0 Å². The molecule has 0 saturated heterocycles. The Bertz CT molecular complexity index is 207. The summed E-state index contributed by atoms with van der Waals surface area (Å²) < 4.78 is 0. The largest absolute Gasteiger partial charge is 0.370 e. The Morgan fingerprint density at radius 3 is 2.31 bits per heavy atom. The van der Waals surface area contributed by atoms with Crippen molar-refractivity contribution in [3.8, 4) is 0 Å². The maximum Gasteiger partial charge on any atom is 0.237 e. The molecule has 1 unspecified atom stereocenters. The van der Waals surface area contributed by atoms with E-state index in [1.165, 1.54) is 0 Å². The van der Waals surface area contributed by atoms with Crippen molar-refractivity contribution in [1.82, 2.24) is 0 Å². The molecule has 76 valence electrons. The zero-order valence-electron chi connectivity index (χ0n) is 7.79. The van der Waals surface area contributed by atoms with E-state index in [1.807, 2.05) is 0 Å². The quantitative estimate of drug-likeness (QED) is 0.230. The van der Waals surface area contributed by atoms with Crippen molar-refractivity contribution in [2.45, 2.75) is 25.3 Å². The van der Waals surface area contributed by atoms with E-state index < -0.39 is 11.4 Å². The van der Waals surface area contributed by atoms with Crippen molar-refractivity contribution in [2.75, 3.05) is 6.54 Å². The Hall–Kier alpha value is -1.30. The molecule has 8 N–H and O–H groups in total. The van der Waals surface area contributed by atoms with Crippen molar-refractivity contribution in [2.24, 2.45) is 27.9 Å². The molecule has 0 aromatic carbocycles. The van der Waals surface area contributed by atoms with E-state index in [-0.39, 0.29) is 5.96 Å². The molecular formula is C7H17N5O. The van der Waals surface area contributed by atoms with E-state index >= 15 is 0 Å². The van der Waals surface area contributed by atoms with Gasteiger partial charge in [0.15, 0.2) is 5.96 Å². The lowest BCUT2D eigenvalue weighted by atomic mass is 9.97. The molecule has 0 bridgehead atoms. The minimum absolute atomic E-state index is 0.0396. The standard InChI is InChI=1S/C7H17N5O/c1-7(11,5(8)13)3-2-4-12-6(9)10/h2-4,11H2,1H3,(H2,8,13)(H4,9,10,12). The summed E-state index contributed by atoms with van der Waals surface area (Å²) in [5, 5.41) is 0. The van der Waals surface area contributed by atoms with Crippen molar-refractivity contribution in [3.63, 3.8) is 0 Å². The molecule has 0 radical (unpaired) electrons. The molecule has 0 heterocycles. The van der Waals surface area contributed by atoms with Crippen LogP contribution in [0, 0.1) is 0 Å². The SMILES string of the molecule is CC(N)(CCCN=C(N)N)C(N)=O. The summed E-state index contributed by atoms with van der Waals surface area (Å²) in [6.07, 6.45) is 1.10. The average Bonchev–Trinajstić information content (AvgIpc) is 1.97. The molecule has 0 aromatic rings. The van der Waals surface area contributed by atoms with Crippen LogP contribution in [0.25, 0.3) is 0 Å². The highest BCUT2D eigenvalue weighted by molar-refractivity contribution is 5.83. The van der Waals surface area contributed by atoms with Crippen LogP contribution in [0.1, 0.15) is 19.8 Å². The van der Waals surface area contributed by atoms with Crippen molar-refractivity contribution in [3.05, 3.63) is 0 Å². The van der Waals surface area contributed by atoms with Gasteiger partial charge in [0.05, 0.1) is 5.54 Å². The Labute approximate surface area is 77.3 Å². The van der Waals surface area contributed by atoms with E-state index in [4.69, 9.17) is 22.9 Å². The van der Waals surface area contributed by atoms with Gasteiger partial charge in [-0.2, -0.15) is 0 Å². The van der Waals surface area contributed by atoms with Gasteiger partial charge in [-0.15, -0.1) is 0 Å².